The van der Waals surface area contributed by atoms with Gasteiger partial charge in [-0.05, 0) is 44.0 Å². The molecule has 0 aliphatic rings. The summed E-state index contributed by atoms with van der Waals surface area (Å²) >= 11 is 1.48. The first-order valence-electron chi connectivity index (χ1n) is 7.94. The zero-order chi connectivity index (χ0) is 17.4. The SMILES string of the molecule is Cc1cc(C)c(OCc2nn3c(-c4ccncc4)nnc3s2)c(C)c1. The Bertz CT molecular complexity index is 1020. The number of rotatable bonds is 4. The third kappa shape index (κ3) is 2.98. The van der Waals surface area contributed by atoms with E-state index in [-0.39, 0.29) is 0 Å². The van der Waals surface area contributed by atoms with Gasteiger partial charge in [0.05, 0.1) is 0 Å². The van der Waals surface area contributed by atoms with E-state index in [9.17, 15) is 0 Å². The van der Waals surface area contributed by atoms with Crippen molar-refractivity contribution in [3.05, 3.63) is 58.4 Å². The number of benzene rings is 1. The molecule has 126 valence electrons. The fourth-order valence-electron chi connectivity index (χ4n) is 2.92. The molecule has 0 radical (unpaired) electrons. The van der Waals surface area contributed by atoms with Crippen molar-refractivity contribution in [3.63, 3.8) is 0 Å². The van der Waals surface area contributed by atoms with E-state index in [2.05, 4.69) is 53.2 Å². The Morgan fingerprint density at radius 3 is 2.48 bits per heavy atom. The fraction of sp³-hybridized carbons (Fsp3) is 0.222. The van der Waals surface area contributed by atoms with E-state index in [4.69, 9.17) is 4.74 Å². The van der Waals surface area contributed by atoms with Crippen LogP contribution in [0.2, 0.25) is 0 Å². The molecule has 4 rings (SSSR count). The fourth-order valence-corrected chi connectivity index (χ4v) is 3.67. The summed E-state index contributed by atoms with van der Waals surface area (Å²) in [5, 5.41) is 13.9. The summed E-state index contributed by atoms with van der Waals surface area (Å²) in [5.41, 5.74) is 4.45. The summed E-state index contributed by atoms with van der Waals surface area (Å²) in [7, 11) is 0. The number of pyridine rings is 1. The van der Waals surface area contributed by atoms with Gasteiger partial charge in [0.15, 0.2) is 10.8 Å². The first-order valence-corrected chi connectivity index (χ1v) is 8.75. The molecule has 0 saturated heterocycles. The molecule has 3 heterocycles. The average molecular weight is 351 g/mol. The summed E-state index contributed by atoms with van der Waals surface area (Å²) < 4.78 is 7.79. The smallest absolute Gasteiger partial charge is 0.235 e. The van der Waals surface area contributed by atoms with Crippen LogP contribution in [0.3, 0.4) is 0 Å². The Morgan fingerprint density at radius 2 is 1.76 bits per heavy atom. The molecule has 3 aromatic heterocycles. The van der Waals surface area contributed by atoms with Crippen molar-refractivity contribution in [2.24, 2.45) is 0 Å². The highest BCUT2D eigenvalue weighted by Crippen LogP contribution is 2.27. The van der Waals surface area contributed by atoms with Crippen LogP contribution in [0.4, 0.5) is 0 Å². The van der Waals surface area contributed by atoms with Crippen LogP contribution >= 0.6 is 11.3 Å². The van der Waals surface area contributed by atoms with Crippen LogP contribution in [0.25, 0.3) is 16.3 Å². The topological polar surface area (TPSA) is 65.2 Å². The summed E-state index contributed by atoms with van der Waals surface area (Å²) in [6.45, 7) is 6.63. The Labute approximate surface area is 149 Å². The minimum absolute atomic E-state index is 0.411. The number of ether oxygens (including phenoxy) is 1. The molecule has 0 N–H and O–H groups in total. The second-order valence-corrected chi connectivity index (χ2v) is 7.01. The maximum Gasteiger partial charge on any atom is 0.235 e. The molecule has 0 amide bonds. The minimum atomic E-state index is 0.411. The van der Waals surface area contributed by atoms with Crippen LogP contribution in [0.1, 0.15) is 21.7 Å². The number of nitrogens with zero attached hydrogens (tertiary/aromatic N) is 5. The van der Waals surface area contributed by atoms with Crippen LogP contribution in [-0.4, -0.2) is 24.8 Å². The van der Waals surface area contributed by atoms with Crippen molar-refractivity contribution >= 4 is 16.3 Å². The van der Waals surface area contributed by atoms with Gasteiger partial charge in [0.2, 0.25) is 4.96 Å². The van der Waals surface area contributed by atoms with Crippen LogP contribution in [0, 0.1) is 20.8 Å². The van der Waals surface area contributed by atoms with Crippen molar-refractivity contribution in [3.8, 4) is 17.1 Å². The van der Waals surface area contributed by atoms with Gasteiger partial charge in [0, 0.05) is 18.0 Å². The molecule has 0 aliphatic heterocycles. The Kier molecular flexibility index (Phi) is 3.93. The number of aryl methyl sites for hydroxylation is 3. The molecule has 0 saturated carbocycles. The Balaban J connectivity index is 1.60. The quantitative estimate of drug-likeness (QED) is 0.560. The minimum Gasteiger partial charge on any atom is -0.486 e. The molecule has 6 nitrogen and oxygen atoms in total. The van der Waals surface area contributed by atoms with Crippen molar-refractivity contribution in [1.29, 1.82) is 0 Å². The summed E-state index contributed by atoms with van der Waals surface area (Å²) in [5.74, 6) is 1.63. The van der Waals surface area contributed by atoms with Crippen molar-refractivity contribution in [1.82, 2.24) is 24.8 Å². The lowest BCUT2D eigenvalue weighted by molar-refractivity contribution is 0.300. The molecule has 4 aromatic rings. The van der Waals surface area contributed by atoms with E-state index in [1.807, 2.05) is 12.1 Å². The normalized spacial score (nSPS) is 11.2. The van der Waals surface area contributed by atoms with Crippen LogP contribution in [0.5, 0.6) is 5.75 Å². The van der Waals surface area contributed by atoms with Crippen molar-refractivity contribution in [2.75, 3.05) is 0 Å². The standard InChI is InChI=1S/C18H17N5OS/c1-11-8-12(2)16(13(3)9-11)24-10-15-22-23-17(20-21-18(23)25-15)14-4-6-19-7-5-14/h4-9H,10H2,1-3H3. The van der Waals surface area contributed by atoms with E-state index in [1.54, 1.807) is 16.9 Å². The predicted octanol–water partition coefficient (Wildman–Crippen LogP) is 3.75. The zero-order valence-corrected chi connectivity index (χ0v) is 15.0. The Hall–Kier alpha value is -2.80. The number of hydrogen-bond acceptors (Lipinski definition) is 6. The third-order valence-corrected chi connectivity index (χ3v) is 4.79. The number of aromatic nitrogens is 5. The second kappa shape index (κ2) is 6.25. The highest BCUT2D eigenvalue weighted by molar-refractivity contribution is 7.16. The van der Waals surface area contributed by atoms with E-state index >= 15 is 0 Å². The first kappa shape index (κ1) is 15.7. The van der Waals surface area contributed by atoms with Crippen LogP contribution < -0.4 is 4.74 Å². The lowest BCUT2D eigenvalue weighted by atomic mass is 10.1. The number of hydrogen-bond donors (Lipinski definition) is 0. The lowest BCUT2D eigenvalue weighted by Gasteiger charge is -2.11. The molecule has 0 bridgehead atoms. The zero-order valence-electron chi connectivity index (χ0n) is 14.2. The molecule has 0 unspecified atom stereocenters. The van der Waals surface area contributed by atoms with Crippen LogP contribution in [0.15, 0.2) is 36.7 Å². The van der Waals surface area contributed by atoms with Gasteiger partial charge in [-0.25, -0.2) is 0 Å². The molecular weight excluding hydrogens is 334 g/mol. The molecule has 0 aliphatic carbocycles. The molecule has 1 aromatic carbocycles. The average Bonchev–Trinajstić information content (AvgIpc) is 3.14. The van der Waals surface area contributed by atoms with Gasteiger partial charge in [-0.2, -0.15) is 9.61 Å². The van der Waals surface area contributed by atoms with E-state index in [0.29, 0.717) is 12.4 Å². The monoisotopic (exact) mass is 351 g/mol. The molecule has 25 heavy (non-hydrogen) atoms. The van der Waals surface area contributed by atoms with E-state index < -0.39 is 0 Å². The molecule has 0 fully saturated rings. The van der Waals surface area contributed by atoms with Gasteiger partial charge in [0.1, 0.15) is 12.4 Å². The second-order valence-electron chi connectivity index (χ2n) is 5.97. The molecule has 0 spiro atoms. The molecular formula is C18H17N5OS. The molecule has 0 atom stereocenters. The summed E-state index contributed by atoms with van der Waals surface area (Å²) in [4.78, 5) is 4.78. The van der Waals surface area contributed by atoms with Gasteiger partial charge >= 0.3 is 0 Å². The van der Waals surface area contributed by atoms with E-state index in [1.165, 1.54) is 16.9 Å². The summed E-state index contributed by atoms with van der Waals surface area (Å²) in [6, 6.07) is 8.04. The van der Waals surface area contributed by atoms with Gasteiger partial charge < -0.3 is 4.74 Å². The molecule has 7 heteroatoms. The maximum absolute atomic E-state index is 6.03. The summed E-state index contributed by atoms with van der Waals surface area (Å²) in [6.07, 6.45) is 3.46. The Morgan fingerprint density at radius 1 is 1.04 bits per heavy atom. The number of fused-ring (bicyclic) bond motifs is 1. The van der Waals surface area contributed by atoms with Crippen molar-refractivity contribution < 1.29 is 4.74 Å². The van der Waals surface area contributed by atoms with Crippen LogP contribution in [-0.2, 0) is 6.61 Å². The largest absolute Gasteiger partial charge is 0.486 e. The maximum atomic E-state index is 6.03. The third-order valence-electron chi connectivity index (χ3n) is 3.92. The van der Waals surface area contributed by atoms with E-state index in [0.717, 1.165) is 32.4 Å². The van der Waals surface area contributed by atoms with Gasteiger partial charge in [-0.3, -0.25) is 4.98 Å². The highest BCUT2D eigenvalue weighted by Gasteiger charge is 2.14. The van der Waals surface area contributed by atoms with Gasteiger partial charge in [-0.1, -0.05) is 29.0 Å². The van der Waals surface area contributed by atoms with Crippen molar-refractivity contribution in [2.45, 2.75) is 27.4 Å². The highest BCUT2D eigenvalue weighted by atomic mass is 32.1. The predicted molar refractivity (Wildman–Crippen MR) is 96.9 cm³/mol. The van der Waals surface area contributed by atoms with Gasteiger partial charge in [-0.15, -0.1) is 10.2 Å². The lowest BCUT2D eigenvalue weighted by Crippen LogP contribution is -2.00. The first-order chi connectivity index (χ1) is 12.1. The van der Waals surface area contributed by atoms with Gasteiger partial charge in [0.25, 0.3) is 0 Å².